The molecule has 38 heavy (non-hydrogen) atoms. The molecule has 1 aromatic carbocycles. The van der Waals surface area contributed by atoms with Crippen molar-refractivity contribution in [2.45, 2.75) is 18.9 Å². The molecule has 0 bridgehead atoms. The van der Waals surface area contributed by atoms with Crippen LogP contribution in [0.15, 0.2) is 89.4 Å². The van der Waals surface area contributed by atoms with Gasteiger partial charge in [0, 0.05) is 28.0 Å². The fourth-order valence-corrected chi connectivity index (χ4v) is 4.62. The zero-order valence-electron chi connectivity index (χ0n) is 19.9. The van der Waals surface area contributed by atoms with Crippen molar-refractivity contribution in [3.05, 3.63) is 106 Å². The second-order valence-corrected chi connectivity index (χ2v) is 9.04. The van der Waals surface area contributed by atoms with Gasteiger partial charge in [-0.1, -0.05) is 18.2 Å². The Balaban J connectivity index is 1.43. The second-order valence-electron chi connectivity index (χ2n) is 8.60. The minimum absolute atomic E-state index is 0.00324. The van der Waals surface area contributed by atoms with Gasteiger partial charge in [0.2, 0.25) is 11.7 Å². The Morgan fingerprint density at radius 2 is 2.05 bits per heavy atom. The standard InChI is InChI=1S/C26H21ClN6O5/c1-15-9-18(3-2-8-38-23(10-15)26(36)37)29-25(35)22-7-5-19-11-16(12-24(34)33(19)22)20-13-17(27)4-6-21(20)32-14-28-30-31-32/h2-4,6,9-14,22H,1,5,7-8H2,(H,29,35)(H,36,37)/b3-2-,18-9?,23-10-/t22-/m0/s1. The predicted octanol–water partition coefficient (Wildman–Crippen LogP) is 2.74. The quantitative estimate of drug-likeness (QED) is 0.511. The summed E-state index contributed by atoms with van der Waals surface area (Å²) >= 11 is 6.25. The molecule has 4 heterocycles. The number of halogens is 1. The maximum Gasteiger partial charge on any atom is 0.371 e. The number of carboxylic acids is 1. The summed E-state index contributed by atoms with van der Waals surface area (Å²) in [5, 5.41) is 23.8. The van der Waals surface area contributed by atoms with Crippen LogP contribution < -0.4 is 10.9 Å². The number of carbonyl (C=O) groups is 2. The van der Waals surface area contributed by atoms with Gasteiger partial charge in [-0.05, 0) is 83.0 Å². The van der Waals surface area contributed by atoms with Crippen LogP contribution in [0.5, 0.6) is 0 Å². The lowest BCUT2D eigenvalue weighted by Crippen LogP contribution is -2.34. The van der Waals surface area contributed by atoms with Gasteiger partial charge >= 0.3 is 5.97 Å². The fourth-order valence-electron chi connectivity index (χ4n) is 4.45. The van der Waals surface area contributed by atoms with Crippen LogP contribution in [-0.2, 0) is 20.7 Å². The summed E-state index contributed by atoms with van der Waals surface area (Å²) in [4.78, 5) is 37.8. The molecule has 3 aromatic rings. The third kappa shape index (κ3) is 5.04. The molecule has 2 aliphatic heterocycles. The molecule has 0 fully saturated rings. The number of nitrogens with zero attached hydrogens (tertiary/aromatic N) is 5. The molecule has 1 amide bonds. The van der Waals surface area contributed by atoms with Crippen molar-refractivity contribution in [1.82, 2.24) is 30.1 Å². The number of ether oxygens (including phenoxy) is 1. The zero-order chi connectivity index (χ0) is 26.8. The predicted molar refractivity (Wildman–Crippen MR) is 137 cm³/mol. The Hall–Kier alpha value is -4.77. The Kier molecular flexibility index (Phi) is 6.75. The van der Waals surface area contributed by atoms with Crippen LogP contribution in [0.1, 0.15) is 18.2 Å². The molecule has 0 unspecified atom stereocenters. The third-order valence-corrected chi connectivity index (χ3v) is 6.30. The number of nitrogens with one attached hydrogen (secondary N) is 1. The molecule has 12 heteroatoms. The van der Waals surface area contributed by atoms with Gasteiger partial charge in [0.15, 0.2) is 0 Å². The van der Waals surface area contributed by atoms with Crippen molar-refractivity contribution in [2.75, 3.05) is 6.61 Å². The average Bonchev–Trinajstić information content (AvgIpc) is 3.56. The van der Waals surface area contributed by atoms with E-state index in [1.807, 2.05) is 6.07 Å². The molecule has 0 radical (unpaired) electrons. The number of amides is 1. The molecule has 5 rings (SSSR count). The van der Waals surface area contributed by atoms with E-state index in [4.69, 9.17) is 16.3 Å². The van der Waals surface area contributed by atoms with Crippen LogP contribution in [-0.4, -0.2) is 48.4 Å². The van der Waals surface area contributed by atoms with Gasteiger partial charge in [-0.2, -0.15) is 4.68 Å². The Labute approximate surface area is 221 Å². The first-order valence-corrected chi connectivity index (χ1v) is 11.9. The number of aryl methyl sites for hydroxylation is 1. The molecule has 11 nitrogen and oxygen atoms in total. The van der Waals surface area contributed by atoms with Gasteiger partial charge in [-0.15, -0.1) is 5.10 Å². The van der Waals surface area contributed by atoms with Crippen molar-refractivity contribution < 1.29 is 19.4 Å². The van der Waals surface area contributed by atoms with Crippen LogP contribution in [0.2, 0.25) is 5.02 Å². The van der Waals surface area contributed by atoms with Crippen LogP contribution in [0.3, 0.4) is 0 Å². The van der Waals surface area contributed by atoms with Gasteiger partial charge < -0.3 is 19.7 Å². The number of tetrazole rings is 1. The largest absolute Gasteiger partial charge is 0.482 e. The lowest BCUT2D eigenvalue weighted by molar-refractivity contribution is -0.136. The number of aliphatic carboxylic acids is 1. The third-order valence-electron chi connectivity index (χ3n) is 6.07. The molecular weight excluding hydrogens is 512 g/mol. The molecule has 2 N–H and O–H groups in total. The van der Waals surface area contributed by atoms with E-state index in [0.717, 1.165) is 0 Å². The van der Waals surface area contributed by atoms with Crippen molar-refractivity contribution in [2.24, 2.45) is 0 Å². The van der Waals surface area contributed by atoms with Crippen molar-refractivity contribution in [3.63, 3.8) is 0 Å². The van der Waals surface area contributed by atoms with Crippen molar-refractivity contribution in [3.8, 4) is 16.8 Å². The molecule has 192 valence electrons. The molecule has 0 saturated heterocycles. The van der Waals surface area contributed by atoms with Gasteiger partial charge in [-0.3, -0.25) is 9.59 Å². The number of hydrogen-bond acceptors (Lipinski definition) is 7. The summed E-state index contributed by atoms with van der Waals surface area (Å²) in [5.74, 6) is -1.84. The topological polar surface area (TPSA) is 141 Å². The van der Waals surface area contributed by atoms with E-state index in [0.29, 0.717) is 51.6 Å². The summed E-state index contributed by atoms with van der Waals surface area (Å²) in [7, 11) is 0. The SMILES string of the molecule is C=C1C=C(NC(=O)[C@@H]2CCc3cc(-c4cc(Cl)ccc4-n4cnnn4)cc(=O)n32)/C=C\CO/C(C(=O)O)=C\1. The smallest absolute Gasteiger partial charge is 0.371 e. The number of carboxylic acid groups (broad SMARTS) is 1. The normalized spacial score (nSPS) is 19.1. The molecular formula is C26H21ClN6O5. The van der Waals surface area contributed by atoms with Crippen LogP contribution >= 0.6 is 11.6 Å². The Morgan fingerprint density at radius 1 is 1.21 bits per heavy atom. The minimum Gasteiger partial charge on any atom is -0.482 e. The first-order valence-electron chi connectivity index (χ1n) is 11.5. The van der Waals surface area contributed by atoms with E-state index in [1.54, 1.807) is 30.4 Å². The summed E-state index contributed by atoms with van der Waals surface area (Å²) in [5.41, 5.74) is 3.07. The van der Waals surface area contributed by atoms with Crippen LogP contribution in [0.4, 0.5) is 0 Å². The molecule has 0 aliphatic carbocycles. The number of carbonyl (C=O) groups excluding carboxylic acids is 1. The fraction of sp³-hybridized carbons (Fsp3) is 0.154. The zero-order valence-corrected chi connectivity index (χ0v) is 20.6. The monoisotopic (exact) mass is 532 g/mol. The van der Waals surface area contributed by atoms with Gasteiger partial charge in [0.05, 0.1) is 5.69 Å². The molecule has 0 saturated carbocycles. The lowest BCUT2D eigenvalue weighted by Gasteiger charge is -2.16. The summed E-state index contributed by atoms with van der Waals surface area (Å²) in [6.45, 7) is 3.81. The molecule has 1 atom stereocenters. The van der Waals surface area contributed by atoms with Crippen molar-refractivity contribution in [1.29, 1.82) is 0 Å². The van der Waals surface area contributed by atoms with Crippen molar-refractivity contribution >= 4 is 23.5 Å². The highest BCUT2D eigenvalue weighted by Gasteiger charge is 2.30. The molecule has 2 aliphatic rings. The number of pyridine rings is 1. The van der Waals surface area contributed by atoms with E-state index < -0.39 is 12.0 Å². The number of benzene rings is 1. The average molecular weight is 533 g/mol. The number of hydrogen-bond donors (Lipinski definition) is 2. The lowest BCUT2D eigenvalue weighted by atomic mass is 10.0. The minimum atomic E-state index is -1.22. The molecule has 2 aromatic heterocycles. The van der Waals surface area contributed by atoms with E-state index >= 15 is 0 Å². The maximum atomic E-state index is 13.3. The van der Waals surface area contributed by atoms with E-state index in [1.165, 1.54) is 33.8 Å². The summed E-state index contributed by atoms with van der Waals surface area (Å²) < 4.78 is 8.17. The van der Waals surface area contributed by atoms with E-state index in [-0.39, 0.29) is 23.8 Å². The van der Waals surface area contributed by atoms with Gasteiger partial charge in [0.25, 0.3) is 5.56 Å². The number of rotatable bonds is 5. The highest BCUT2D eigenvalue weighted by molar-refractivity contribution is 6.31. The van der Waals surface area contributed by atoms with Crippen LogP contribution in [0, 0.1) is 0 Å². The Morgan fingerprint density at radius 3 is 2.82 bits per heavy atom. The highest BCUT2D eigenvalue weighted by Crippen LogP contribution is 2.32. The second kappa shape index (κ2) is 10.3. The Bertz CT molecular complexity index is 1600. The highest BCUT2D eigenvalue weighted by atomic mass is 35.5. The first-order chi connectivity index (χ1) is 18.3. The number of allylic oxidation sites excluding steroid dienone is 4. The van der Waals surface area contributed by atoms with Crippen LogP contribution in [0.25, 0.3) is 16.8 Å². The number of aromatic nitrogens is 5. The summed E-state index contributed by atoms with van der Waals surface area (Å²) in [6, 6.07) is 7.82. The first kappa shape index (κ1) is 24.9. The number of fused-ring (bicyclic) bond motifs is 1. The summed E-state index contributed by atoms with van der Waals surface area (Å²) in [6.07, 6.45) is 8.39. The van der Waals surface area contributed by atoms with Gasteiger partial charge in [-0.25, -0.2) is 4.79 Å². The van der Waals surface area contributed by atoms with Gasteiger partial charge in [0.1, 0.15) is 19.0 Å². The maximum absolute atomic E-state index is 13.3. The molecule has 0 spiro atoms. The van der Waals surface area contributed by atoms with E-state index in [9.17, 15) is 19.5 Å². The van der Waals surface area contributed by atoms with E-state index in [2.05, 4.69) is 27.4 Å².